The van der Waals surface area contributed by atoms with Crippen LogP contribution in [0.15, 0.2) is 71.6 Å². The Balaban J connectivity index is 1.94. The number of hydrogen-bond acceptors (Lipinski definition) is 8. The molecule has 0 spiro atoms. The monoisotopic (exact) mass is 431 g/mol. The van der Waals surface area contributed by atoms with E-state index in [-0.39, 0.29) is 29.0 Å². The van der Waals surface area contributed by atoms with Crippen LogP contribution in [0, 0.1) is 0 Å². The van der Waals surface area contributed by atoms with Crippen molar-refractivity contribution in [1.82, 2.24) is 15.0 Å². The van der Waals surface area contributed by atoms with E-state index in [0.29, 0.717) is 27.1 Å². The zero-order chi connectivity index (χ0) is 22.0. The van der Waals surface area contributed by atoms with Gasteiger partial charge in [-0.1, -0.05) is 24.3 Å². The number of aromatic nitrogens is 3. The lowest BCUT2D eigenvalue weighted by molar-refractivity contribution is 0.0601. The number of esters is 1. The summed E-state index contributed by atoms with van der Waals surface area (Å²) in [5.74, 6) is 0.163. The molecule has 31 heavy (non-hydrogen) atoms. The van der Waals surface area contributed by atoms with Gasteiger partial charge in [0.05, 0.1) is 23.8 Å². The van der Waals surface area contributed by atoms with Crippen molar-refractivity contribution in [2.75, 3.05) is 7.11 Å². The second kappa shape index (κ2) is 8.45. The second-order valence-corrected chi connectivity index (χ2v) is 7.11. The highest BCUT2D eigenvalue weighted by atomic mass is 32.1. The molecular weight excluding hydrogens is 414 g/mol. The Bertz CT molecular complexity index is 1290. The van der Waals surface area contributed by atoms with E-state index in [4.69, 9.17) is 4.74 Å². The lowest BCUT2D eigenvalue weighted by Gasteiger charge is -2.10. The number of benzene rings is 3. The van der Waals surface area contributed by atoms with Crippen LogP contribution in [0.3, 0.4) is 0 Å². The summed E-state index contributed by atoms with van der Waals surface area (Å²) in [6, 6.07) is 18.2. The number of ether oxygens (including phenoxy) is 1. The van der Waals surface area contributed by atoms with Gasteiger partial charge < -0.3 is 14.9 Å². The summed E-state index contributed by atoms with van der Waals surface area (Å²) in [7, 11) is 1.31. The van der Waals surface area contributed by atoms with E-state index in [2.05, 4.69) is 27.6 Å². The summed E-state index contributed by atoms with van der Waals surface area (Å²) in [6.07, 6.45) is 0. The molecule has 2 N–H and O–H groups in total. The number of aromatic hydroxyl groups is 2. The SMILES string of the molecule is COC(=O)c1cccc(-c2nc(-c3ccccc3O)nc(-c3ccc(S)cc3O)n2)c1. The van der Waals surface area contributed by atoms with Crippen molar-refractivity contribution < 1.29 is 19.7 Å². The third-order valence-electron chi connectivity index (χ3n) is 4.54. The second-order valence-electron chi connectivity index (χ2n) is 6.60. The number of phenolic OH excluding ortho intramolecular Hbond substituents is 2. The van der Waals surface area contributed by atoms with Crippen molar-refractivity contribution in [3.05, 3.63) is 72.3 Å². The van der Waals surface area contributed by atoms with Crippen molar-refractivity contribution in [3.63, 3.8) is 0 Å². The molecule has 0 aliphatic heterocycles. The number of phenols is 2. The van der Waals surface area contributed by atoms with Crippen LogP contribution in [-0.4, -0.2) is 38.2 Å². The minimum atomic E-state index is -0.487. The van der Waals surface area contributed by atoms with E-state index < -0.39 is 5.97 Å². The Morgan fingerprint density at radius 1 is 0.806 bits per heavy atom. The number of rotatable bonds is 4. The standard InChI is InChI=1S/C23H17N3O4S/c1-30-23(29)14-6-4-5-13(11-14)20-24-21(16-7-2-3-8-18(16)27)26-22(25-20)17-10-9-15(31)12-19(17)28/h2-12,27-28,31H,1H3. The van der Waals surface area contributed by atoms with Crippen molar-refractivity contribution in [2.45, 2.75) is 4.90 Å². The van der Waals surface area contributed by atoms with Crippen molar-refractivity contribution in [3.8, 4) is 45.7 Å². The highest BCUT2D eigenvalue weighted by Gasteiger charge is 2.17. The summed E-state index contributed by atoms with van der Waals surface area (Å²) in [4.78, 5) is 26.0. The number of para-hydroxylation sites is 1. The van der Waals surface area contributed by atoms with Crippen molar-refractivity contribution in [2.24, 2.45) is 0 Å². The fraction of sp³-hybridized carbons (Fsp3) is 0.0435. The van der Waals surface area contributed by atoms with Crippen molar-refractivity contribution in [1.29, 1.82) is 0 Å². The minimum Gasteiger partial charge on any atom is -0.507 e. The van der Waals surface area contributed by atoms with Crippen LogP contribution in [0.5, 0.6) is 11.5 Å². The van der Waals surface area contributed by atoms with E-state index in [1.807, 2.05) is 0 Å². The highest BCUT2D eigenvalue weighted by molar-refractivity contribution is 7.80. The maximum atomic E-state index is 11.9. The summed E-state index contributed by atoms with van der Waals surface area (Å²) >= 11 is 4.23. The average molecular weight is 431 g/mol. The maximum Gasteiger partial charge on any atom is 0.337 e. The highest BCUT2D eigenvalue weighted by Crippen LogP contribution is 2.33. The number of carbonyl (C=O) groups excluding carboxylic acids is 1. The lowest BCUT2D eigenvalue weighted by Crippen LogP contribution is -2.03. The minimum absolute atomic E-state index is 0.00356. The predicted molar refractivity (Wildman–Crippen MR) is 118 cm³/mol. The van der Waals surface area contributed by atoms with Crippen LogP contribution in [0.25, 0.3) is 34.2 Å². The fourth-order valence-corrected chi connectivity index (χ4v) is 3.22. The van der Waals surface area contributed by atoms with Crippen LogP contribution < -0.4 is 0 Å². The Morgan fingerprint density at radius 2 is 1.48 bits per heavy atom. The number of carbonyl (C=O) groups is 1. The molecule has 1 heterocycles. The fourth-order valence-electron chi connectivity index (χ4n) is 3.02. The Hall–Kier alpha value is -3.91. The Kier molecular flexibility index (Phi) is 5.55. The van der Waals surface area contributed by atoms with Gasteiger partial charge in [-0.2, -0.15) is 0 Å². The van der Waals surface area contributed by atoms with Gasteiger partial charge in [-0.15, -0.1) is 12.6 Å². The van der Waals surface area contributed by atoms with Gasteiger partial charge in [-0.3, -0.25) is 0 Å². The van der Waals surface area contributed by atoms with Crippen LogP contribution >= 0.6 is 12.6 Å². The smallest absolute Gasteiger partial charge is 0.337 e. The van der Waals surface area contributed by atoms with Gasteiger partial charge in [0.1, 0.15) is 11.5 Å². The van der Waals surface area contributed by atoms with Crippen molar-refractivity contribution >= 4 is 18.6 Å². The zero-order valence-electron chi connectivity index (χ0n) is 16.4. The molecule has 7 nitrogen and oxygen atoms in total. The topological polar surface area (TPSA) is 105 Å². The molecule has 0 radical (unpaired) electrons. The van der Waals surface area contributed by atoms with E-state index >= 15 is 0 Å². The molecule has 0 saturated heterocycles. The predicted octanol–water partition coefficient (Wildman–Crippen LogP) is 4.36. The van der Waals surface area contributed by atoms with Crippen LogP contribution in [-0.2, 0) is 4.74 Å². The summed E-state index contributed by atoms with van der Waals surface area (Å²) in [5, 5.41) is 20.7. The number of nitrogens with zero attached hydrogens (tertiary/aromatic N) is 3. The third-order valence-corrected chi connectivity index (χ3v) is 4.82. The van der Waals surface area contributed by atoms with E-state index in [1.165, 1.54) is 19.2 Å². The normalized spacial score (nSPS) is 10.6. The zero-order valence-corrected chi connectivity index (χ0v) is 17.2. The van der Waals surface area contributed by atoms with Gasteiger partial charge in [0.15, 0.2) is 17.5 Å². The molecule has 0 unspecified atom stereocenters. The molecule has 0 bridgehead atoms. The Morgan fingerprint density at radius 3 is 2.16 bits per heavy atom. The first-order valence-corrected chi connectivity index (χ1v) is 9.66. The molecule has 8 heteroatoms. The molecule has 0 aliphatic carbocycles. The third kappa shape index (κ3) is 4.19. The van der Waals surface area contributed by atoms with E-state index in [1.54, 1.807) is 54.6 Å². The van der Waals surface area contributed by atoms with E-state index in [0.717, 1.165) is 0 Å². The quantitative estimate of drug-likeness (QED) is 0.326. The van der Waals surface area contributed by atoms with Gasteiger partial charge in [0.25, 0.3) is 0 Å². The summed E-state index contributed by atoms with van der Waals surface area (Å²) in [6.45, 7) is 0. The molecule has 0 amide bonds. The molecule has 0 saturated carbocycles. The van der Waals surface area contributed by atoms with E-state index in [9.17, 15) is 15.0 Å². The molecule has 0 fully saturated rings. The van der Waals surface area contributed by atoms with Crippen LogP contribution in [0.2, 0.25) is 0 Å². The van der Waals surface area contributed by atoms with Crippen LogP contribution in [0.4, 0.5) is 0 Å². The first kappa shape index (κ1) is 20.4. The molecule has 154 valence electrons. The number of methoxy groups -OCH3 is 1. The average Bonchev–Trinajstić information content (AvgIpc) is 2.78. The molecule has 1 aromatic heterocycles. The molecule has 4 aromatic rings. The lowest BCUT2D eigenvalue weighted by atomic mass is 10.1. The molecule has 4 rings (SSSR count). The first-order chi connectivity index (χ1) is 15.0. The number of hydrogen-bond donors (Lipinski definition) is 3. The molecule has 3 aromatic carbocycles. The van der Waals surface area contributed by atoms with Gasteiger partial charge >= 0.3 is 5.97 Å². The Labute approximate surface area is 183 Å². The number of thiol groups is 1. The van der Waals surface area contributed by atoms with Gasteiger partial charge in [0.2, 0.25) is 0 Å². The first-order valence-electron chi connectivity index (χ1n) is 9.22. The summed E-state index contributed by atoms with van der Waals surface area (Å²) in [5.41, 5.74) is 1.67. The van der Waals surface area contributed by atoms with Gasteiger partial charge in [-0.05, 0) is 42.5 Å². The molecular formula is C23H17N3O4S. The molecule has 0 aliphatic rings. The molecule has 0 atom stereocenters. The van der Waals surface area contributed by atoms with Gasteiger partial charge in [0, 0.05) is 10.5 Å². The largest absolute Gasteiger partial charge is 0.507 e. The van der Waals surface area contributed by atoms with Gasteiger partial charge in [-0.25, -0.2) is 19.7 Å². The summed E-state index contributed by atoms with van der Waals surface area (Å²) < 4.78 is 4.79. The van der Waals surface area contributed by atoms with Crippen LogP contribution in [0.1, 0.15) is 10.4 Å². The maximum absolute atomic E-state index is 11.9.